The maximum absolute atomic E-state index is 12.2. The maximum Gasteiger partial charge on any atom is 0.240 e. The number of fused-ring (bicyclic) bond motifs is 1. The summed E-state index contributed by atoms with van der Waals surface area (Å²) in [6.45, 7) is 0. The fourth-order valence-corrected chi connectivity index (χ4v) is 3.44. The average Bonchev–Trinajstić information content (AvgIpc) is 2.67. The van der Waals surface area contributed by atoms with Crippen molar-refractivity contribution < 1.29 is 13.2 Å². The number of anilines is 3. The third-order valence-electron chi connectivity index (χ3n) is 4.12. The summed E-state index contributed by atoms with van der Waals surface area (Å²) in [5, 5.41) is 4.01. The van der Waals surface area contributed by atoms with Gasteiger partial charge in [-0.1, -0.05) is 0 Å². The van der Waals surface area contributed by atoms with Crippen molar-refractivity contribution in [1.29, 1.82) is 0 Å². The first-order valence-electron chi connectivity index (χ1n) is 8.16. The van der Waals surface area contributed by atoms with Crippen LogP contribution in [0.4, 0.5) is 17.2 Å². The first-order valence-corrected chi connectivity index (χ1v) is 9.64. The predicted molar refractivity (Wildman–Crippen MR) is 106 cm³/mol. The SMILES string of the molecule is CNS(=O)(=O)c1ccc(N(C)C)c(Nc2ncnc3ccc(OC)cc23)c1. The maximum atomic E-state index is 12.2. The lowest BCUT2D eigenvalue weighted by Crippen LogP contribution is -2.19. The van der Waals surface area contributed by atoms with E-state index in [2.05, 4.69) is 20.0 Å². The van der Waals surface area contributed by atoms with Gasteiger partial charge in [0.05, 0.1) is 28.9 Å². The van der Waals surface area contributed by atoms with Gasteiger partial charge in [0.15, 0.2) is 0 Å². The summed E-state index contributed by atoms with van der Waals surface area (Å²) >= 11 is 0. The average molecular weight is 387 g/mol. The summed E-state index contributed by atoms with van der Waals surface area (Å²) in [6.07, 6.45) is 1.46. The molecule has 142 valence electrons. The van der Waals surface area contributed by atoms with Crippen molar-refractivity contribution in [2.75, 3.05) is 38.5 Å². The zero-order valence-electron chi connectivity index (χ0n) is 15.5. The second-order valence-electron chi connectivity index (χ2n) is 6.01. The number of nitrogens with zero attached hydrogens (tertiary/aromatic N) is 3. The van der Waals surface area contributed by atoms with Crippen LogP contribution in [0.25, 0.3) is 10.9 Å². The molecular weight excluding hydrogens is 366 g/mol. The molecule has 8 nitrogen and oxygen atoms in total. The number of hydrogen-bond acceptors (Lipinski definition) is 7. The summed E-state index contributed by atoms with van der Waals surface area (Å²) in [7, 11) is 3.17. The van der Waals surface area contributed by atoms with Crippen molar-refractivity contribution in [1.82, 2.24) is 14.7 Å². The molecular formula is C18H21N5O3S. The third kappa shape index (κ3) is 3.79. The molecule has 0 unspecified atom stereocenters. The summed E-state index contributed by atoms with van der Waals surface area (Å²) in [5.74, 6) is 1.24. The van der Waals surface area contributed by atoms with E-state index in [0.717, 1.165) is 16.6 Å². The highest BCUT2D eigenvalue weighted by atomic mass is 32.2. The van der Waals surface area contributed by atoms with Crippen LogP contribution in [0.2, 0.25) is 0 Å². The first kappa shape index (κ1) is 18.9. The molecule has 3 aromatic rings. The van der Waals surface area contributed by atoms with Gasteiger partial charge in [-0.15, -0.1) is 0 Å². The molecule has 0 aliphatic carbocycles. The second kappa shape index (κ2) is 7.37. The van der Waals surface area contributed by atoms with Gasteiger partial charge in [0.2, 0.25) is 10.0 Å². The van der Waals surface area contributed by atoms with Gasteiger partial charge in [-0.05, 0) is 43.4 Å². The molecule has 1 heterocycles. The molecule has 2 N–H and O–H groups in total. The van der Waals surface area contributed by atoms with Crippen LogP contribution >= 0.6 is 0 Å². The molecule has 0 aliphatic rings. The highest BCUT2D eigenvalue weighted by Crippen LogP contribution is 2.32. The minimum absolute atomic E-state index is 0.161. The standard InChI is InChI=1S/C18H21N5O3S/c1-19-27(24,25)13-6-8-17(23(2)3)16(10-13)22-18-14-9-12(26-4)5-7-15(14)20-11-21-18/h5-11,19H,1-4H3,(H,20,21,22). The Labute approximate surface area is 158 Å². The Bertz CT molecular complexity index is 1080. The Hall–Kier alpha value is -2.91. The van der Waals surface area contributed by atoms with Gasteiger partial charge in [0.25, 0.3) is 0 Å². The van der Waals surface area contributed by atoms with Crippen LogP contribution < -0.4 is 19.7 Å². The molecule has 0 spiro atoms. The Morgan fingerprint density at radius 2 is 1.85 bits per heavy atom. The second-order valence-corrected chi connectivity index (χ2v) is 7.90. The molecule has 0 aliphatic heterocycles. The summed E-state index contributed by atoms with van der Waals surface area (Å²) in [4.78, 5) is 10.6. The summed E-state index contributed by atoms with van der Waals surface area (Å²) in [5.41, 5.74) is 2.18. The molecule has 0 saturated heterocycles. The van der Waals surface area contributed by atoms with E-state index >= 15 is 0 Å². The van der Waals surface area contributed by atoms with E-state index in [1.807, 2.05) is 37.2 Å². The number of rotatable bonds is 6. The van der Waals surface area contributed by atoms with E-state index < -0.39 is 10.0 Å². The van der Waals surface area contributed by atoms with Crippen molar-refractivity contribution in [2.45, 2.75) is 4.90 Å². The van der Waals surface area contributed by atoms with Gasteiger partial charge >= 0.3 is 0 Å². The molecule has 0 amide bonds. The quantitative estimate of drug-likeness (QED) is 0.670. The Kier molecular flexibility index (Phi) is 5.15. The minimum atomic E-state index is -3.57. The van der Waals surface area contributed by atoms with Gasteiger partial charge in [-0.2, -0.15) is 0 Å². The lowest BCUT2D eigenvalue weighted by Gasteiger charge is -2.20. The van der Waals surface area contributed by atoms with E-state index in [4.69, 9.17) is 4.74 Å². The largest absolute Gasteiger partial charge is 0.497 e. The van der Waals surface area contributed by atoms with Crippen LogP contribution in [0.1, 0.15) is 0 Å². The summed E-state index contributed by atoms with van der Waals surface area (Å²) < 4.78 is 32.0. The molecule has 9 heteroatoms. The van der Waals surface area contributed by atoms with Crippen molar-refractivity contribution in [3.05, 3.63) is 42.7 Å². The van der Waals surface area contributed by atoms with Gasteiger partial charge in [-0.25, -0.2) is 23.1 Å². The van der Waals surface area contributed by atoms with Crippen molar-refractivity contribution in [3.8, 4) is 5.75 Å². The van der Waals surface area contributed by atoms with E-state index in [9.17, 15) is 8.42 Å². The number of methoxy groups -OCH3 is 1. The lowest BCUT2D eigenvalue weighted by atomic mass is 10.2. The van der Waals surface area contributed by atoms with Crippen LogP contribution in [0, 0.1) is 0 Å². The normalized spacial score (nSPS) is 11.4. The Morgan fingerprint density at radius 1 is 1.07 bits per heavy atom. The molecule has 0 atom stereocenters. The number of sulfonamides is 1. The number of aromatic nitrogens is 2. The third-order valence-corrected chi connectivity index (χ3v) is 5.54. The monoisotopic (exact) mass is 387 g/mol. The Balaban J connectivity index is 2.14. The zero-order chi connectivity index (χ0) is 19.6. The minimum Gasteiger partial charge on any atom is -0.497 e. The van der Waals surface area contributed by atoms with Gasteiger partial charge in [-0.3, -0.25) is 0 Å². The van der Waals surface area contributed by atoms with Crippen molar-refractivity contribution in [3.63, 3.8) is 0 Å². The number of hydrogen-bond donors (Lipinski definition) is 2. The van der Waals surface area contributed by atoms with Gasteiger partial charge < -0.3 is 15.0 Å². The molecule has 2 aromatic carbocycles. The lowest BCUT2D eigenvalue weighted by molar-refractivity contribution is 0.415. The molecule has 0 bridgehead atoms. The molecule has 0 radical (unpaired) electrons. The van der Waals surface area contributed by atoms with E-state index in [0.29, 0.717) is 17.3 Å². The molecule has 0 saturated carbocycles. The van der Waals surface area contributed by atoms with Crippen LogP contribution in [-0.2, 0) is 10.0 Å². The topological polar surface area (TPSA) is 96.5 Å². The fraction of sp³-hybridized carbons (Fsp3) is 0.222. The van der Waals surface area contributed by atoms with Crippen LogP contribution in [0.5, 0.6) is 5.75 Å². The fourth-order valence-electron chi connectivity index (χ4n) is 2.68. The van der Waals surface area contributed by atoms with Gasteiger partial charge in [0.1, 0.15) is 17.9 Å². The number of nitrogens with one attached hydrogen (secondary N) is 2. The zero-order valence-corrected chi connectivity index (χ0v) is 16.3. The number of benzene rings is 2. The highest BCUT2D eigenvalue weighted by molar-refractivity contribution is 7.89. The Morgan fingerprint density at radius 3 is 2.52 bits per heavy atom. The van der Waals surface area contributed by atoms with Crippen LogP contribution in [0.15, 0.2) is 47.6 Å². The molecule has 1 aromatic heterocycles. The van der Waals surface area contributed by atoms with E-state index in [1.165, 1.54) is 13.4 Å². The highest BCUT2D eigenvalue weighted by Gasteiger charge is 2.16. The first-order chi connectivity index (χ1) is 12.9. The smallest absolute Gasteiger partial charge is 0.240 e. The van der Waals surface area contributed by atoms with Crippen molar-refractivity contribution in [2.24, 2.45) is 0 Å². The van der Waals surface area contributed by atoms with Crippen LogP contribution in [-0.4, -0.2) is 46.6 Å². The summed E-state index contributed by atoms with van der Waals surface area (Å²) in [6, 6.07) is 10.4. The number of ether oxygens (including phenoxy) is 1. The van der Waals surface area contributed by atoms with Crippen LogP contribution in [0.3, 0.4) is 0 Å². The van der Waals surface area contributed by atoms with Gasteiger partial charge in [0, 0.05) is 19.5 Å². The molecule has 3 rings (SSSR count). The predicted octanol–water partition coefficient (Wildman–Crippen LogP) is 2.36. The molecule has 27 heavy (non-hydrogen) atoms. The van der Waals surface area contributed by atoms with E-state index in [1.54, 1.807) is 25.3 Å². The van der Waals surface area contributed by atoms with E-state index in [-0.39, 0.29) is 4.90 Å². The van der Waals surface area contributed by atoms with Crippen molar-refractivity contribution >= 4 is 38.1 Å². The molecule has 0 fully saturated rings.